The molecule has 18 heavy (non-hydrogen) atoms. The van der Waals surface area contributed by atoms with Crippen LogP contribution in [0.3, 0.4) is 0 Å². The summed E-state index contributed by atoms with van der Waals surface area (Å²) in [5.41, 5.74) is 2.91. The number of ether oxygens (including phenoxy) is 1. The molecule has 2 rings (SSSR count). The fourth-order valence-electron chi connectivity index (χ4n) is 2.72. The molecule has 1 aliphatic carbocycles. The SMILES string of the molecule is CCC(C)C(C)NC1CCc2ccc(OC)cc21. The van der Waals surface area contributed by atoms with Gasteiger partial charge in [-0.15, -0.1) is 0 Å². The molecule has 0 spiro atoms. The zero-order valence-electron chi connectivity index (χ0n) is 12.0. The van der Waals surface area contributed by atoms with Gasteiger partial charge in [0.05, 0.1) is 7.11 Å². The van der Waals surface area contributed by atoms with Crippen molar-refractivity contribution in [2.24, 2.45) is 5.92 Å². The molecule has 0 heterocycles. The molecule has 2 heteroatoms. The van der Waals surface area contributed by atoms with Crippen molar-refractivity contribution in [3.8, 4) is 5.75 Å². The van der Waals surface area contributed by atoms with E-state index >= 15 is 0 Å². The van der Waals surface area contributed by atoms with Crippen molar-refractivity contribution in [1.29, 1.82) is 0 Å². The summed E-state index contributed by atoms with van der Waals surface area (Å²) in [5, 5.41) is 3.78. The van der Waals surface area contributed by atoms with Crippen LogP contribution in [0.15, 0.2) is 18.2 Å². The normalized spacial score (nSPS) is 21.4. The summed E-state index contributed by atoms with van der Waals surface area (Å²) >= 11 is 0. The maximum Gasteiger partial charge on any atom is 0.119 e. The van der Waals surface area contributed by atoms with Gasteiger partial charge in [-0.3, -0.25) is 0 Å². The van der Waals surface area contributed by atoms with Crippen LogP contribution >= 0.6 is 0 Å². The van der Waals surface area contributed by atoms with E-state index in [0.29, 0.717) is 12.1 Å². The lowest BCUT2D eigenvalue weighted by Crippen LogP contribution is -2.34. The van der Waals surface area contributed by atoms with Crippen LogP contribution in [-0.4, -0.2) is 13.2 Å². The number of aryl methyl sites for hydroxylation is 1. The maximum atomic E-state index is 5.33. The Morgan fingerprint density at radius 1 is 1.39 bits per heavy atom. The highest BCUT2D eigenvalue weighted by molar-refractivity contribution is 5.40. The van der Waals surface area contributed by atoms with Crippen LogP contribution < -0.4 is 10.1 Å². The Kier molecular flexibility index (Phi) is 4.28. The van der Waals surface area contributed by atoms with E-state index in [0.717, 1.165) is 11.7 Å². The number of rotatable bonds is 5. The molecule has 0 bridgehead atoms. The van der Waals surface area contributed by atoms with Crippen LogP contribution in [0.2, 0.25) is 0 Å². The molecular formula is C16H25NO. The number of methoxy groups -OCH3 is 1. The van der Waals surface area contributed by atoms with Gasteiger partial charge in [0, 0.05) is 12.1 Å². The summed E-state index contributed by atoms with van der Waals surface area (Å²) in [6.45, 7) is 6.87. The predicted molar refractivity (Wildman–Crippen MR) is 76.1 cm³/mol. The number of nitrogens with one attached hydrogen (secondary N) is 1. The largest absolute Gasteiger partial charge is 0.497 e. The van der Waals surface area contributed by atoms with E-state index in [1.807, 2.05) is 0 Å². The lowest BCUT2D eigenvalue weighted by atomic mass is 9.98. The van der Waals surface area contributed by atoms with E-state index in [-0.39, 0.29) is 0 Å². The smallest absolute Gasteiger partial charge is 0.119 e. The van der Waals surface area contributed by atoms with Crippen LogP contribution in [0, 0.1) is 5.92 Å². The number of hydrogen-bond donors (Lipinski definition) is 1. The molecule has 1 aromatic carbocycles. The van der Waals surface area contributed by atoms with Crippen LogP contribution in [-0.2, 0) is 6.42 Å². The Balaban J connectivity index is 2.10. The molecule has 0 aromatic heterocycles. The fraction of sp³-hybridized carbons (Fsp3) is 0.625. The molecule has 0 radical (unpaired) electrons. The average Bonchev–Trinajstić information content (AvgIpc) is 2.80. The lowest BCUT2D eigenvalue weighted by Gasteiger charge is -2.25. The van der Waals surface area contributed by atoms with Crippen molar-refractivity contribution >= 4 is 0 Å². The third-order valence-corrected chi connectivity index (χ3v) is 4.39. The summed E-state index contributed by atoms with van der Waals surface area (Å²) in [6, 6.07) is 7.54. The molecule has 1 aromatic rings. The molecule has 0 amide bonds. The van der Waals surface area contributed by atoms with Gasteiger partial charge in [0.2, 0.25) is 0 Å². The highest BCUT2D eigenvalue weighted by atomic mass is 16.5. The second-order valence-electron chi connectivity index (χ2n) is 5.50. The molecule has 1 N–H and O–H groups in total. The Morgan fingerprint density at radius 3 is 2.83 bits per heavy atom. The zero-order valence-corrected chi connectivity index (χ0v) is 12.0. The Labute approximate surface area is 111 Å². The molecule has 3 atom stereocenters. The van der Waals surface area contributed by atoms with Crippen LogP contribution in [0.1, 0.15) is 50.8 Å². The van der Waals surface area contributed by atoms with E-state index in [1.54, 1.807) is 7.11 Å². The van der Waals surface area contributed by atoms with Crippen molar-refractivity contribution in [2.75, 3.05) is 7.11 Å². The quantitative estimate of drug-likeness (QED) is 0.856. The van der Waals surface area contributed by atoms with Crippen molar-refractivity contribution in [3.05, 3.63) is 29.3 Å². The van der Waals surface area contributed by atoms with E-state index in [1.165, 1.54) is 30.4 Å². The summed E-state index contributed by atoms with van der Waals surface area (Å²) < 4.78 is 5.33. The highest BCUT2D eigenvalue weighted by Crippen LogP contribution is 2.34. The maximum absolute atomic E-state index is 5.33. The highest BCUT2D eigenvalue weighted by Gasteiger charge is 2.25. The van der Waals surface area contributed by atoms with Crippen LogP contribution in [0.5, 0.6) is 5.75 Å². The Hall–Kier alpha value is -1.02. The number of hydrogen-bond acceptors (Lipinski definition) is 2. The summed E-state index contributed by atoms with van der Waals surface area (Å²) in [5.74, 6) is 1.69. The van der Waals surface area contributed by atoms with Gasteiger partial charge in [0.25, 0.3) is 0 Å². The Bertz CT molecular complexity index is 402. The first-order chi connectivity index (χ1) is 8.65. The average molecular weight is 247 g/mol. The summed E-state index contributed by atoms with van der Waals surface area (Å²) in [7, 11) is 1.74. The van der Waals surface area contributed by atoms with Crippen LogP contribution in [0.25, 0.3) is 0 Å². The first-order valence-electron chi connectivity index (χ1n) is 7.08. The molecule has 100 valence electrons. The molecular weight excluding hydrogens is 222 g/mol. The third kappa shape index (κ3) is 2.69. The van der Waals surface area contributed by atoms with Crippen molar-refractivity contribution < 1.29 is 4.74 Å². The van der Waals surface area contributed by atoms with Gasteiger partial charge in [-0.05, 0) is 48.9 Å². The monoisotopic (exact) mass is 247 g/mol. The molecule has 2 nitrogen and oxygen atoms in total. The molecule has 0 saturated heterocycles. The summed E-state index contributed by atoms with van der Waals surface area (Å²) in [4.78, 5) is 0. The van der Waals surface area contributed by atoms with Crippen molar-refractivity contribution in [2.45, 2.75) is 52.1 Å². The topological polar surface area (TPSA) is 21.3 Å². The zero-order chi connectivity index (χ0) is 13.1. The minimum atomic E-state index is 0.499. The van der Waals surface area contributed by atoms with Gasteiger partial charge in [-0.2, -0.15) is 0 Å². The third-order valence-electron chi connectivity index (χ3n) is 4.39. The van der Waals surface area contributed by atoms with Gasteiger partial charge >= 0.3 is 0 Å². The second-order valence-corrected chi connectivity index (χ2v) is 5.50. The van der Waals surface area contributed by atoms with Gasteiger partial charge in [0.1, 0.15) is 5.75 Å². The number of fused-ring (bicyclic) bond motifs is 1. The van der Waals surface area contributed by atoms with E-state index in [4.69, 9.17) is 4.74 Å². The van der Waals surface area contributed by atoms with Crippen molar-refractivity contribution in [3.63, 3.8) is 0 Å². The van der Waals surface area contributed by atoms with Gasteiger partial charge < -0.3 is 10.1 Å². The second kappa shape index (κ2) is 5.75. The first-order valence-corrected chi connectivity index (χ1v) is 7.08. The van der Waals surface area contributed by atoms with E-state index in [2.05, 4.69) is 44.3 Å². The minimum Gasteiger partial charge on any atom is -0.497 e. The number of benzene rings is 1. The molecule has 3 unspecified atom stereocenters. The van der Waals surface area contributed by atoms with E-state index < -0.39 is 0 Å². The van der Waals surface area contributed by atoms with Crippen molar-refractivity contribution in [1.82, 2.24) is 5.32 Å². The standard InChI is InChI=1S/C16H25NO/c1-5-11(2)12(3)17-16-9-7-13-6-8-14(18-4)10-15(13)16/h6,8,10-12,16-17H,5,7,9H2,1-4H3. The minimum absolute atomic E-state index is 0.499. The van der Waals surface area contributed by atoms with Crippen LogP contribution in [0.4, 0.5) is 0 Å². The lowest BCUT2D eigenvalue weighted by molar-refractivity contribution is 0.348. The van der Waals surface area contributed by atoms with Gasteiger partial charge in [0.15, 0.2) is 0 Å². The first kappa shape index (κ1) is 13.4. The van der Waals surface area contributed by atoms with Gasteiger partial charge in [-0.1, -0.05) is 26.3 Å². The van der Waals surface area contributed by atoms with Gasteiger partial charge in [-0.25, -0.2) is 0 Å². The Morgan fingerprint density at radius 2 is 2.17 bits per heavy atom. The molecule has 0 aliphatic heterocycles. The molecule has 0 fully saturated rings. The fourth-order valence-corrected chi connectivity index (χ4v) is 2.72. The molecule has 0 saturated carbocycles. The predicted octanol–water partition coefficient (Wildman–Crippen LogP) is 3.71. The van der Waals surface area contributed by atoms with E-state index in [9.17, 15) is 0 Å². The molecule has 1 aliphatic rings. The summed E-state index contributed by atoms with van der Waals surface area (Å²) in [6.07, 6.45) is 3.62.